The number of hydrogen-bond donors (Lipinski definition) is 0. The molecule has 0 aliphatic carbocycles. The smallest absolute Gasteiger partial charge is 0.268 e. The largest absolute Gasteiger partial charge is 0.293 e. The van der Waals surface area contributed by atoms with Crippen molar-refractivity contribution in [2.75, 3.05) is 0 Å². The van der Waals surface area contributed by atoms with Gasteiger partial charge >= 0.3 is 0 Å². The number of thiophene rings is 1. The third-order valence-electron chi connectivity index (χ3n) is 3.42. The maximum atomic E-state index is 12.5. The van der Waals surface area contributed by atoms with Crippen LogP contribution in [0.15, 0.2) is 41.3 Å². The molecule has 0 radical (unpaired) electrons. The zero-order valence-electron chi connectivity index (χ0n) is 12.6. The van der Waals surface area contributed by atoms with Crippen LogP contribution in [0.2, 0.25) is 0 Å². The number of imide groups is 1. The minimum atomic E-state index is -0.515. The Labute approximate surface area is 145 Å². The highest BCUT2D eigenvalue weighted by molar-refractivity contribution is 8.18. The molecule has 1 aromatic carbocycles. The summed E-state index contributed by atoms with van der Waals surface area (Å²) in [7, 11) is 0. The predicted octanol–water partition coefficient (Wildman–Crippen LogP) is 4.20. The van der Waals surface area contributed by atoms with E-state index in [1.54, 1.807) is 24.3 Å². The summed E-state index contributed by atoms with van der Waals surface area (Å²) >= 11 is 2.38. The number of amides is 2. The van der Waals surface area contributed by atoms with E-state index in [4.69, 9.17) is 0 Å². The van der Waals surface area contributed by atoms with Gasteiger partial charge < -0.3 is 0 Å². The number of nitro groups is 1. The van der Waals surface area contributed by atoms with Crippen molar-refractivity contribution in [3.63, 3.8) is 0 Å². The molecule has 0 atom stereocenters. The Kier molecular flexibility index (Phi) is 4.50. The summed E-state index contributed by atoms with van der Waals surface area (Å²) < 4.78 is 0. The van der Waals surface area contributed by atoms with E-state index in [-0.39, 0.29) is 12.2 Å². The van der Waals surface area contributed by atoms with Gasteiger partial charge in [0.05, 0.1) is 16.4 Å². The third-order valence-corrected chi connectivity index (χ3v) is 5.28. The topological polar surface area (TPSA) is 80.5 Å². The molecule has 2 aromatic rings. The number of hydrogen-bond acceptors (Lipinski definition) is 6. The van der Waals surface area contributed by atoms with Crippen molar-refractivity contribution in [2.45, 2.75) is 13.5 Å². The van der Waals surface area contributed by atoms with Gasteiger partial charge in [-0.15, -0.1) is 11.3 Å². The molecule has 2 amide bonds. The number of carbonyl (C=O) groups is 2. The molecular formula is C16H12N2O4S2. The first-order valence-corrected chi connectivity index (χ1v) is 8.63. The van der Waals surface area contributed by atoms with Crippen molar-refractivity contribution in [2.24, 2.45) is 0 Å². The molecule has 0 N–H and O–H groups in total. The second-order valence-electron chi connectivity index (χ2n) is 5.10. The van der Waals surface area contributed by atoms with Gasteiger partial charge in [-0.1, -0.05) is 18.2 Å². The zero-order valence-corrected chi connectivity index (χ0v) is 14.2. The van der Waals surface area contributed by atoms with Crippen molar-refractivity contribution >= 4 is 46.0 Å². The van der Waals surface area contributed by atoms with E-state index in [0.29, 0.717) is 10.5 Å². The molecule has 1 saturated heterocycles. The molecule has 1 fully saturated rings. The summed E-state index contributed by atoms with van der Waals surface area (Å²) in [4.78, 5) is 38.5. The van der Waals surface area contributed by atoms with Crippen LogP contribution in [-0.2, 0) is 11.3 Å². The van der Waals surface area contributed by atoms with E-state index < -0.39 is 16.1 Å². The molecule has 1 aromatic heterocycles. The Bertz CT molecular complexity index is 872. The van der Waals surface area contributed by atoms with Gasteiger partial charge in [-0.2, -0.15) is 0 Å². The summed E-state index contributed by atoms with van der Waals surface area (Å²) in [6, 6.07) is 9.93. The molecule has 3 rings (SSSR count). The van der Waals surface area contributed by atoms with Crippen LogP contribution in [0.4, 0.5) is 10.5 Å². The van der Waals surface area contributed by atoms with Crippen LogP contribution >= 0.6 is 23.1 Å². The molecule has 24 heavy (non-hydrogen) atoms. The number of thioether (sulfide) groups is 1. The standard InChI is InChI=1S/C16H12N2O4S2/c1-10-6-7-12(23-10)8-14-15(19)17(16(20)24-14)9-11-4-2-3-5-13(11)18(21)22/h2-8H,9H2,1H3/b14-8-. The first-order valence-electron chi connectivity index (χ1n) is 7.00. The number of para-hydroxylation sites is 1. The van der Waals surface area contributed by atoms with Crippen molar-refractivity contribution in [3.05, 3.63) is 66.7 Å². The predicted molar refractivity (Wildman–Crippen MR) is 93.7 cm³/mol. The molecule has 0 saturated carbocycles. The van der Waals surface area contributed by atoms with E-state index >= 15 is 0 Å². The molecule has 8 heteroatoms. The minimum Gasteiger partial charge on any atom is -0.268 e. The zero-order chi connectivity index (χ0) is 17.3. The minimum absolute atomic E-state index is 0.102. The van der Waals surface area contributed by atoms with Crippen LogP contribution in [0.25, 0.3) is 6.08 Å². The number of aryl methyl sites for hydroxylation is 1. The number of nitro benzene ring substituents is 1. The van der Waals surface area contributed by atoms with Crippen LogP contribution in [0, 0.1) is 17.0 Å². The van der Waals surface area contributed by atoms with Crippen LogP contribution in [0.1, 0.15) is 15.3 Å². The first kappa shape index (κ1) is 16.4. The lowest BCUT2D eigenvalue weighted by molar-refractivity contribution is -0.385. The van der Waals surface area contributed by atoms with E-state index in [1.165, 1.54) is 17.4 Å². The third kappa shape index (κ3) is 3.24. The summed E-state index contributed by atoms with van der Waals surface area (Å²) in [6.45, 7) is 1.85. The van der Waals surface area contributed by atoms with Crippen molar-refractivity contribution in [3.8, 4) is 0 Å². The Balaban J connectivity index is 1.85. The summed E-state index contributed by atoms with van der Waals surface area (Å²) in [6.07, 6.45) is 1.68. The van der Waals surface area contributed by atoms with E-state index in [1.807, 2.05) is 19.1 Å². The van der Waals surface area contributed by atoms with Gasteiger partial charge in [-0.05, 0) is 36.9 Å². The summed E-state index contributed by atoms with van der Waals surface area (Å²) in [5.74, 6) is -0.422. The van der Waals surface area contributed by atoms with Gasteiger partial charge in [0.2, 0.25) is 0 Å². The fourth-order valence-corrected chi connectivity index (χ4v) is 4.01. The van der Waals surface area contributed by atoms with Gasteiger partial charge in [0, 0.05) is 21.4 Å². The van der Waals surface area contributed by atoms with Crippen LogP contribution in [-0.4, -0.2) is 21.0 Å². The monoisotopic (exact) mass is 360 g/mol. The highest BCUT2D eigenvalue weighted by Crippen LogP contribution is 2.35. The van der Waals surface area contributed by atoms with Gasteiger partial charge in [-0.3, -0.25) is 24.6 Å². The molecule has 0 unspecified atom stereocenters. The Morgan fingerprint density at radius 3 is 2.62 bits per heavy atom. The normalized spacial score (nSPS) is 16.2. The molecule has 1 aliphatic heterocycles. The van der Waals surface area contributed by atoms with Crippen LogP contribution < -0.4 is 0 Å². The lowest BCUT2D eigenvalue weighted by Crippen LogP contribution is -2.27. The van der Waals surface area contributed by atoms with Gasteiger partial charge in [-0.25, -0.2) is 0 Å². The maximum Gasteiger partial charge on any atom is 0.293 e. The molecule has 0 spiro atoms. The lowest BCUT2D eigenvalue weighted by atomic mass is 10.1. The fraction of sp³-hybridized carbons (Fsp3) is 0.125. The quantitative estimate of drug-likeness (QED) is 0.464. The Hall–Kier alpha value is -2.45. The van der Waals surface area contributed by atoms with Crippen LogP contribution in [0.3, 0.4) is 0 Å². The van der Waals surface area contributed by atoms with Gasteiger partial charge in [0.15, 0.2) is 0 Å². The summed E-state index contributed by atoms with van der Waals surface area (Å²) in [5, 5.41) is 10.6. The molecule has 2 heterocycles. The molecule has 122 valence electrons. The van der Waals surface area contributed by atoms with Crippen molar-refractivity contribution in [1.82, 2.24) is 4.90 Å². The number of carbonyl (C=O) groups excluding carboxylic acids is 2. The molecule has 6 nitrogen and oxygen atoms in total. The van der Waals surface area contributed by atoms with E-state index in [0.717, 1.165) is 26.4 Å². The molecule has 1 aliphatic rings. The highest BCUT2D eigenvalue weighted by atomic mass is 32.2. The molecular weight excluding hydrogens is 348 g/mol. The highest BCUT2D eigenvalue weighted by Gasteiger charge is 2.36. The Morgan fingerprint density at radius 2 is 1.96 bits per heavy atom. The fourth-order valence-electron chi connectivity index (χ4n) is 2.29. The van der Waals surface area contributed by atoms with Gasteiger partial charge in [0.25, 0.3) is 16.8 Å². The lowest BCUT2D eigenvalue weighted by Gasteiger charge is -2.12. The first-order chi connectivity index (χ1) is 11.5. The maximum absolute atomic E-state index is 12.5. The van der Waals surface area contributed by atoms with Crippen LogP contribution in [0.5, 0.6) is 0 Å². The number of nitrogens with zero attached hydrogens (tertiary/aromatic N) is 2. The van der Waals surface area contributed by atoms with Crippen molar-refractivity contribution < 1.29 is 14.5 Å². The summed E-state index contributed by atoms with van der Waals surface area (Å²) in [5.41, 5.74) is 0.229. The second-order valence-corrected chi connectivity index (χ2v) is 7.41. The average molecular weight is 360 g/mol. The van der Waals surface area contributed by atoms with Crippen molar-refractivity contribution in [1.29, 1.82) is 0 Å². The average Bonchev–Trinajstić information content (AvgIpc) is 3.06. The Morgan fingerprint density at radius 1 is 1.21 bits per heavy atom. The second kappa shape index (κ2) is 6.58. The van der Waals surface area contributed by atoms with Gasteiger partial charge in [0.1, 0.15) is 0 Å². The number of benzene rings is 1. The number of rotatable bonds is 4. The van der Waals surface area contributed by atoms with E-state index in [9.17, 15) is 19.7 Å². The van der Waals surface area contributed by atoms with E-state index in [2.05, 4.69) is 0 Å². The SMILES string of the molecule is Cc1ccc(/C=C2\SC(=O)N(Cc3ccccc3[N+](=O)[O-])C2=O)s1. The molecule has 0 bridgehead atoms.